The van der Waals surface area contributed by atoms with Crippen molar-refractivity contribution in [2.45, 2.75) is 31.6 Å². The Balaban J connectivity index is 1.58. The fourth-order valence-corrected chi connectivity index (χ4v) is 2.85. The average Bonchev–Trinajstić information content (AvgIpc) is 3.15. The van der Waals surface area contributed by atoms with Crippen molar-refractivity contribution in [2.75, 3.05) is 19.7 Å². The Morgan fingerprint density at radius 2 is 2.04 bits per heavy atom. The molecule has 0 aliphatic carbocycles. The van der Waals surface area contributed by atoms with Gasteiger partial charge in [0.15, 0.2) is 12.3 Å². The predicted molar refractivity (Wildman–Crippen MR) is 90.3 cm³/mol. The van der Waals surface area contributed by atoms with Crippen LogP contribution in [0.4, 0.5) is 13.2 Å². The molecule has 3 rings (SSSR count). The minimum atomic E-state index is -4.43. The summed E-state index contributed by atoms with van der Waals surface area (Å²) in [5.41, 5.74) is 0.614. The monoisotopic (exact) mass is 383 g/mol. The fourth-order valence-electron chi connectivity index (χ4n) is 2.85. The van der Waals surface area contributed by atoms with Crippen LogP contribution in [-0.4, -0.2) is 46.8 Å². The van der Waals surface area contributed by atoms with E-state index in [9.17, 15) is 18.0 Å². The van der Waals surface area contributed by atoms with Crippen LogP contribution < -0.4 is 15.4 Å². The summed E-state index contributed by atoms with van der Waals surface area (Å²) in [4.78, 5) is 12.3. The smallest absolute Gasteiger partial charge is 0.422 e. The summed E-state index contributed by atoms with van der Waals surface area (Å²) < 4.78 is 43.5. The molecule has 1 aromatic carbocycles. The van der Waals surface area contributed by atoms with Gasteiger partial charge in [-0.1, -0.05) is 23.4 Å². The Hall–Kier alpha value is -2.62. The Labute approximate surface area is 153 Å². The summed E-state index contributed by atoms with van der Waals surface area (Å²) in [6.07, 6.45) is -1.01. The number of halogens is 3. The summed E-state index contributed by atoms with van der Waals surface area (Å²) in [6, 6.07) is 6.46. The molecule has 0 saturated carbocycles. The molecule has 27 heavy (non-hydrogen) atoms. The Kier molecular flexibility index (Phi) is 5.94. The van der Waals surface area contributed by atoms with E-state index in [0.29, 0.717) is 5.56 Å². The topological polar surface area (TPSA) is 81.1 Å². The summed E-state index contributed by atoms with van der Waals surface area (Å²) in [7, 11) is 0. The standard InChI is InChI=1S/C17H20F3N5O2/c18-17(19,20)11-27-15-4-2-1-3-12(15)9-22-16(26)14-10-25(24-23-14)13-5-7-21-8-6-13/h1-4,10,13,21H,5-9,11H2,(H,22,26). The van der Waals surface area contributed by atoms with Crippen LogP contribution in [0.3, 0.4) is 0 Å². The van der Waals surface area contributed by atoms with E-state index in [1.165, 1.54) is 6.07 Å². The molecule has 10 heteroatoms. The van der Waals surface area contributed by atoms with Crippen LogP contribution in [0, 0.1) is 0 Å². The Morgan fingerprint density at radius 1 is 1.30 bits per heavy atom. The molecule has 1 amide bonds. The van der Waals surface area contributed by atoms with Crippen molar-refractivity contribution in [2.24, 2.45) is 0 Å². The number of piperidine rings is 1. The molecule has 1 aromatic heterocycles. The third-order valence-electron chi connectivity index (χ3n) is 4.23. The lowest BCUT2D eigenvalue weighted by molar-refractivity contribution is -0.153. The van der Waals surface area contributed by atoms with Crippen molar-refractivity contribution in [3.8, 4) is 5.75 Å². The average molecular weight is 383 g/mol. The third kappa shape index (κ3) is 5.43. The largest absolute Gasteiger partial charge is 0.484 e. The van der Waals surface area contributed by atoms with E-state index in [2.05, 4.69) is 20.9 Å². The van der Waals surface area contributed by atoms with Gasteiger partial charge in [-0.15, -0.1) is 5.10 Å². The Morgan fingerprint density at radius 3 is 2.78 bits per heavy atom. The first-order valence-corrected chi connectivity index (χ1v) is 8.60. The van der Waals surface area contributed by atoms with Gasteiger partial charge in [0.1, 0.15) is 5.75 Å². The molecule has 2 heterocycles. The van der Waals surface area contributed by atoms with E-state index in [-0.39, 0.29) is 24.0 Å². The maximum atomic E-state index is 12.3. The molecule has 0 radical (unpaired) electrons. The van der Waals surface area contributed by atoms with Crippen molar-refractivity contribution in [3.05, 3.63) is 41.7 Å². The number of nitrogens with one attached hydrogen (secondary N) is 2. The first-order chi connectivity index (χ1) is 12.9. The molecule has 1 saturated heterocycles. The van der Waals surface area contributed by atoms with Crippen LogP contribution in [0.5, 0.6) is 5.75 Å². The lowest BCUT2D eigenvalue weighted by Gasteiger charge is -2.22. The molecule has 0 unspecified atom stereocenters. The molecule has 146 valence electrons. The number of alkyl halides is 3. The third-order valence-corrected chi connectivity index (χ3v) is 4.23. The van der Waals surface area contributed by atoms with E-state index in [4.69, 9.17) is 4.74 Å². The molecule has 0 spiro atoms. The highest BCUT2D eigenvalue weighted by atomic mass is 19.4. The van der Waals surface area contributed by atoms with E-state index in [1.807, 2.05) is 0 Å². The quantitative estimate of drug-likeness (QED) is 0.798. The highest BCUT2D eigenvalue weighted by Gasteiger charge is 2.28. The van der Waals surface area contributed by atoms with Gasteiger partial charge in [-0.2, -0.15) is 13.2 Å². The van der Waals surface area contributed by atoms with Gasteiger partial charge in [-0.3, -0.25) is 4.79 Å². The van der Waals surface area contributed by atoms with Gasteiger partial charge in [0.05, 0.1) is 12.2 Å². The van der Waals surface area contributed by atoms with Crippen molar-refractivity contribution < 1.29 is 22.7 Å². The molecule has 2 aromatic rings. The van der Waals surface area contributed by atoms with Crippen LogP contribution in [0.2, 0.25) is 0 Å². The number of benzene rings is 1. The van der Waals surface area contributed by atoms with E-state index in [1.54, 1.807) is 29.1 Å². The van der Waals surface area contributed by atoms with Crippen LogP contribution >= 0.6 is 0 Å². The number of amides is 1. The molecule has 7 nitrogen and oxygen atoms in total. The van der Waals surface area contributed by atoms with Crippen molar-refractivity contribution in [1.29, 1.82) is 0 Å². The first-order valence-electron chi connectivity index (χ1n) is 8.60. The SMILES string of the molecule is O=C(NCc1ccccc1OCC(F)(F)F)c1cn(C2CCNCC2)nn1. The van der Waals surface area contributed by atoms with Crippen LogP contribution in [0.25, 0.3) is 0 Å². The number of nitrogens with zero attached hydrogens (tertiary/aromatic N) is 3. The predicted octanol–water partition coefficient (Wildman–Crippen LogP) is 2.07. The zero-order valence-corrected chi connectivity index (χ0v) is 14.5. The molecular weight excluding hydrogens is 363 g/mol. The van der Waals surface area contributed by atoms with Crippen LogP contribution in [0.15, 0.2) is 30.5 Å². The van der Waals surface area contributed by atoms with Crippen molar-refractivity contribution in [3.63, 3.8) is 0 Å². The summed E-state index contributed by atoms with van der Waals surface area (Å²) >= 11 is 0. The van der Waals surface area contributed by atoms with Gasteiger partial charge in [0.25, 0.3) is 5.91 Å². The molecule has 1 fully saturated rings. The van der Waals surface area contributed by atoms with Crippen LogP contribution in [-0.2, 0) is 6.54 Å². The first kappa shape index (κ1) is 19.2. The van der Waals surface area contributed by atoms with Gasteiger partial charge in [0.2, 0.25) is 0 Å². The van der Waals surface area contributed by atoms with E-state index >= 15 is 0 Å². The number of aromatic nitrogens is 3. The summed E-state index contributed by atoms with van der Waals surface area (Å²) in [5, 5.41) is 13.8. The number of para-hydroxylation sites is 1. The number of rotatable bonds is 6. The lowest BCUT2D eigenvalue weighted by Crippen LogP contribution is -2.29. The fraction of sp³-hybridized carbons (Fsp3) is 0.471. The van der Waals surface area contributed by atoms with E-state index < -0.39 is 18.7 Å². The van der Waals surface area contributed by atoms with Crippen molar-refractivity contribution in [1.82, 2.24) is 25.6 Å². The van der Waals surface area contributed by atoms with Gasteiger partial charge < -0.3 is 15.4 Å². The summed E-state index contributed by atoms with van der Waals surface area (Å²) in [5.74, 6) is -0.366. The minimum Gasteiger partial charge on any atom is -0.484 e. The maximum absolute atomic E-state index is 12.3. The molecule has 0 bridgehead atoms. The molecule has 0 atom stereocenters. The van der Waals surface area contributed by atoms with Crippen LogP contribution in [0.1, 0.15) is 34.9 Å². The zero-order valence-electron chi connectivity index (χ0n) is 14.5. The minimum absolute atomic E-state index is 0.0209. The van der Waals surface area contributed by atoms with E-state index in [0.717, 1.165) is 25.9 Å². The summed E-state index contributed by atoms with van der Waals surface area (Å²) in [6.45, 7) is 0.414. The lowest BCUT2D eigenvalue weighted by atomic mass is 10.1. The zero-order chi connectivity index (χ0) is 19.3. The number of ether oxygens (including phenoxy) is 1. The second-order valence-corrected chi connectivity index (χ2v) is 6.26. The second kappa shape index (κ2) is 8.38. The van der Waals surface area contributed by atoms with Gasteiger partial charge in [-0.05, 0) is 32.0 Å². The molecule has 1 aliphatic heterocycles. The van der Waals surface area contributed by atoms with Gasteiger partial charge in [-0.25, -0.2) is 4.68 Å². The normalized spacial score (nSPS) is 15.5. The van der Waals surface area contributed by atoms with Crippen molar-refractivity contribution >= 4 is 5.91 Å². The van der Waals surface area contributed by atoms with Gasteiger partial charge in [0, 0.05) is 12.1 Å². The second-order valence-electron chi connectivity index (χ2n) is 6.26. The Bertz CT molecular complexity index is 772. The molecule has 2 N–H and O–H groups in total. The number of hydrogen-bond acceptors (Lipinski definition) is 5. The number of carbonyl (C=O) groups is 1. The number of hydrogen-bond donors (Lipinski definition) is 2. The highest BCUT2D eigenvalue weighted by Crippen LogP contribution is 2.22. The molecular formula is C17H20F3N5O2. The number of carbonyl (C=O) groups excluding carboxylic acids is 1. The maximum Gasteiger partial charge on any atom is 0.422 e. The highest BCUT2D eigenvalue weighted by molar-refractivity contribution is 5.91. The molecule has 1 aliphatic rings. The van der Waals surface area contributed by atoms with Gasteiger partial charge >= 0.3 is 6.18 Å².